The number of amides is 1. The fraction of sp³-hybridized carbons (Fsp3) is 0.429. The van der Waals surface area contributed by atoms with Gasteiger partial charge in [-0.25, -0.2) is 8.42 Å². The van der Waals surface area contributed by atoms with Crippen molar-refractivity contribution < 1.29 is 13.2 Å². The van der Waals surface area contributed by atoms with Gasteiger partial charge in [0.05, 0.1) is 10.5 Å². The maximum atomic E-state index is 12.6. The molecule has 7 heteroatoms. The van der Waals surface area contributed by atoms with Crippen molar-refractivity contribution in [2.75, 3.05) is 20.1 Å². The Kier molecular flexibility index (Phi) is 4.60. The summed E-state index contributed by atoms with van der Waals surface area (Å²) in [7, 11) is -2.10. The van der Waals surface area contributed by atoms with Crippen LogP contribution in [0.25, 0.3) is 0 Å². The fourth-order valence-corrected chi connectivity index (χ4v) is 4.10. The third-order valence-corrected chi connectivity index (χ3v) is 5.65. The molecule has 0 unspecified atom stereocenters. The number of benzene rings is 1. The maximum absolute atomic E-state index is 12.6. The Balaban J connectivity index is 2.19. The van der Waals surface area contributed by atoms with E-state index in [9.17, 15) is 13.2 Å². The fourth-order valence-electron chi connectivity index (χ4n) is 2.49. The molecule has 0 bridgehead atoms. The zero-order chi connectivity index (χ0) is 15.5. The van der Waals surface area contributed by atoms with Crippen LogP contribution < -0.4 is 5.32 Å². The predicted octanol–water partition coefficient (Wildman–Crippen LogP) is 0.705. The van der Waals surface area contributed by atoms with Gasteiger partial charge in [-0.2, -0.15) is 9.57 Å². The van der Waals surface area contributed by atoms with Crippen LogP contribution in [-0.4, -0.2) is 38.8 Å². The van der Waals surface area contributed by atoms with Crippen molar-refractivity contribution in [2.45, 2.75) is 17.7 Å². The highest BCUT2D eigenvalue weighted by atomic mass is 32.2. The summed E-state index contributed by atoms with van der Waals surface area (Å²) in [6.07, 6.45) is 0.987. The molecule has 1 aromatic rings. The van der Waals surface area contributed by atoms with E-state index in [4.69, 9.17) is 5.26 Å². The Hall–Kier alpha value is -1.91. The SMILES string of the molecule is CNC(=O)C1CCN(S(=O)(=O)c2ccccc2C#N)CC1. The zero-order valence-corrected chi connectivity index (χ0v) is 12.6. The molecule has 1 saturated heterocycles. The van der Waals surface area contributed by atoms with Gasteiger partial charge in [0, 0.05) is 26.1 Å². The van der Waals surface area contributed by atoms with Crippen LogP contribution >= 0.6 is 0 Å². The number of piperidine rings is 1. The van der Waals surface area contributed by atoms with Crippen LogP contribution in [-0.2, 0) is 14.8 Å². The van der Waals surface area contributed by atoms with E-state index in [2.05, 4.69) is 5.32 Å². The van der Waals surface area contributed by atoms with Crippen LogP contribution in [0.15, 0.2) is 29.2 Å². The molecule has 1 amide bonds. The second-order valence-corrected chi connectivity index (χ2v) is 6.81. The molecule has 1 aliphatic heterocycles. The second kappa shape index (κ2) is 6.24. The average Bonchev–Trinajstić information content (AvgIpc) is 2.54. The van der Waals surface area contributed by atoms with E-state index in [1.165, 1.54) is 16.4 Å². The first kappa shape index (κ1) is 15.5. The highest BCUT2D eigenvalue weighted by molar-refractivity contribution is 7.89. The minimum Gasteiger partial charge on any atom is -0.359 e. The zero-order valence-electron chi connectivity index (χ0n) is 11.7. The van der Waals surface area contributed by atoms with Crippen molar-refractivity contribution in [3.63, 3.8) is 0 Å². The van der Waals surface area contributed by atoms with Crippen molar-refractivity contribution in [3.8, 4) is 6.07 Å². The average molecular weight is 307 g/mol. The minimum absolute atomic E-state index is 0.0332. The van der Waals surface area contributed by atoms with Crippen molar-refractivity contribution in [2.24, 2.45) is 5.92 Å². The number of carbonyl (C=O) groups excluding carboxylic acids is 1. The molecule has 0 aromatic heterocycles. The van der Waals surface area contributed by atoms with E-state index in [0.29, 0.717) is 25.9 Å². The van der Waals surface area contributed by atoms with E-state index in [1.807, 2.05) is 6.07 Å². The normalized spacial score (nSPS) is 17.1. The molecule has 21 heavy (non-hydrogen) atoms. The van der Waals surface area contributed by atoms with Crippen LogP contribution in [0.5, 0.6) is 0 Å². The van der Waals surface area contributed by atoms with Gasteiger partial charge < -0.3 is 5.32 Å². The van der Waals surface area contributed by atoms with Crippen molar-refractivity contribution in [1.29, 1.82) is 5.26 Å². The number of nitriles is 1. The third kappa shape index (κ3) is 3.06. The van der Waals surface area contributed by atoms with Crippen LogP contribution in [0, 0.1) is 17.2 Å². The second-order valence-electron chi connectivity index (χ2n) is 4.90. The highest BCUT2D eigenvalue weighted by Crippen LogP contribution is 2.25. The molecule has 1 aromatic carbocycles. The van der Waals surface area contributed by atoms with Gasteiger partial charge in [0.15, 0.2) is 0 Å². The standard InChI is InChI=1S/C14H17N3O3S/c1-16-14(18)11-6-8-17(9-7-11)21(19,20)13-5-3-2-4-12(13)10-15/h2-5,11H,6-9H2,1H3,(H,16,18). The third-order valence-electron chi connectivity index (χ3n) is 3.70. The summed E-state index contributed by atoms with van der Waals surface area (Å²) in [5, 5.41) is 11.6. The molecule has 1 heterocycles. The Labute approximate surface area is 124 Å². The lowest BCUT2D eigenvalue weighted by atomic mass is 9.97. The van der Waals surface area contributed by atoms with E-state index >= 15 is 0 Å². The number of nitrogens with zero attached hydrogens (tertiary/aromatic N) is 2. The Bertz CT molecular complexity index is 671. The molecule has 0 saturated carbocycles. The van der Waals surface area contributed by atoms with Gasteiger partial charge in [0.25, 0.3) is 0 Å². The Morgan fingerprint density at radius 2 is 1.95 bits per heavy atom. The Morgan fingerprint density at radius 1 is 1.33 bits per heavy atom. The van der Waals surface area contributed by atoms with Gasteiger partial charge >= 0.3 is 0 Å². The summed E-state index contributed by atoms with van der Waals surface area (Å²) < 4.78 is 26.5. The lowest BCUT2D eigenvalue weighted by Crippen LogP contribution is -2.42. The van der Waals surface area contributed by atoms with Crippen LogP contribution in [0.2, 0.25) is 0 Å². The monoisotopic (exact) mass is 307 g/mol. The van der Waals surface area contributed by atoms with Crippen molar-refractivity contribution >= 4 is 15.9 Å². The van der Waals surface area contributed by atoms with E-state index < -0.39 is 10.0 Å². The smallest absolute Gasteiger partial charge is 0.244 e. The molecule has 0 radical (unpaired) electrons. The topological polar surface area (TPSA) is 90.3 Å². The van der Waals surface area contributed by atoms with E-state index in [0.717, 1.165) is 0 Å². The number of hydrogen-bond donors (Lipinski definition) is 1. The molecule has 6 nitrogen and oxygen atoms in total. The predicted molar refractivity (Wildman–Crippen MR) is 76.7 cm³/mol. The molecule has 1 N–H and O–H groups in total. The molecule has 1 aliphatic rings. The summed E-state index contributed by atoms with van der Waals surface area (Å²) in [6, 6.07) is 8.08. The number of rotatable bonds is 3. The molecular formula is C14H17N3O3S. The number of nitrogens with one attached hydrogen (secondary N) is 1. The van der Waals surface area contributed by atoms with Gasteiger partial charge in [-0.1, -0.05) is 12.1 Å². The summed E-state index contributed by atoms with van der Waals surface area (Å²) in [6.45, 7) is 0.584. The van der Waals surface area contributed by atoms with Gasteiger partial charge in [-0.15, -0.1) is 0 Å². The number of carbonyl (C=O) groups is 1. The van der Waals surface area contributed by atoms with E-state index in [1.54, 1.807) is 19.2 Å². The largest absolute Gasteiger partial charge is 0.359 e. The molecule has 0 atom stereocenters. The first-order valence-corrected chi connectivity index (χ1v) is 8.15. The van der Waals surface area contributed by atoms with Crippen molar-refractivity contribution in [1.82, 2.24) is 9.62 Å². The van der Waals surface area contributed by atoms with Crippen molar-refractivity contribution in [3.05, 3.63) is 29.8 Å². The maximum Gasteiger partial charge on any atom is 0.244 e. The molecule has 0 spiro atoms. The lowest BCUT2D eigenvalue weighted by Gasteiger charge is -2.30. The first-order chi connectivity index (χ1) is 10.0. The number of hydrogen-bond acceptors (Lipinski definition) is 4. The summed E-state index contributed by atoms with van der Waals surface area (Å²) in [4.78, 5) is 11.6. The summed E-state index contributed by atoms with van der Waals surface area (Å²) in [5.74, 6) is -0.197. The van der Waals surface area contributed by atoms with Crippen LogP contribution in [0.1, 0.15) is 18.4 Å². The van der Waals surface area contributed by atoms with Gasteiger partial charge in [-0.05, 0) is 25.0 Å². The summed E-state index contributed by atoms with van der Waals surface area (Å²) in [5.41, 5.74) is 0.144. The first-order valence-electron chi connectivity index (χ1n) is 6.71. The van der Waals surface area contributed by atoms with Gasteiger partial charge in [0.1, 0.15) is 6.07 Å². The molecule has 0 aliphatic carbocycles. The molecule has 112 valence electrons. The quantitative estimate of drug-likeness (QED) is 0.890. The van der Waals surface area contributed by atoms with Gasteiger partial charge in [0.2, 0.25) is 15.9 Å². The highest BCUT2D eigenvalue weighted by Gasteiger charge is 2.32. The molecule has 2 rings (SSSR count). The molecular weight excluding hydrogens is 290 g/mol. The van der Waals surface area contributed by atoms with E-state index in [-0.39, 0.29) is 22.3 Å². The van der Waals surface area contributed by atoms with Crippen LogP contribution in [0.3, 0.4) is 0 Å². The minimum atomic E-state index is -3.68. The van der Waals surface area contributed by atoms with Crippen LogP contribution in [0.4, 0.5) is 0 Å². The molecule has 1 fully saturated rings. The number of sulfonamides is 1. The summed E-state index contributed by atoms with van der Waals surface area (Å²) >= 11 is 0. The van der Waals surface area contributed by atoms with Gasteiger partial charge in [-0.3, -0.25) is 4.79 Å². The lowest BCUT2D eigenvalue weighted by molar-refractivity contribution is -0.125. The Morgan fingerprint density at radius 3 is 2.52 bits per heavy atom.